The molecule has 0 radical (unpaired) electrons. The minimum atomic E-state index is -2.63. The monoisotopic (exact) mass is 303 g/mol. The number of alkyl halides is 2. The highest BCUT2D eigenvalue weighted by molar-refractivity contribution is 5.80. The Kier molecular flexibility index (Phi) is 5.13. The number of nitrogens with one attached hydrogen (secondary N) is 1. The van der Waals surface area contributed by atoms with Crippen LogP contribution in [0.1, 0.15) is 25.7 Å². The molecule has 2 fully saturated rings. The van der Waals surface area contributed by atoms with Crippen molar-refractivity contribution in [1.29, 1.82) is 0 Å². The lowest BCUT2D eigenvalue weighted by Crippen LogP contribution is -2.50. The number of hydrogen-bond acceptors (Lipinski definition) is 3. The van der Waals surface area contributed by atoms with Gasteiger partial charge in [-0.2, -0.15) is 0 Å². The first-order chi connectivity index (χ1) is 9.91. The van der Waals surface area contributed by atoms with E-state index in [2.05, 4.69) is 5.32 Å². The molecule has 120 valence electrons. The summed E-state index contributed by atoms with van der Waals surface area (Å²) in [5, 5.41) is 2.57. The van der Waals surface area contributed by atoms with Crippen molar-refractivity contribution in [3.8, 4) is 0 Å². The van der Waals surface area contributed by atoms with Crippen molar-refractivity contribution in [2.75, 3.05) is 39.8 Å². The van der Waals surface area contributed by atoms with Crippen LogP contribution in [0.2, 0.25) is 0 Å². The Labute approximate surface area is 123 Å². The van der Waals surface area contributed by atoms with Crippen molar-refractivity contribution >= 4 is 11.8 Å². The van der Waals surface area contributed by atoms with Gasteiger partial charge in [-0.05, 0) is 19.4 Å². The molecule has 2 heterocycles. The average molecular weight is 303 g/mol. The van der Waals surface area contributed by atoms with Crippen LogP contribution in [0.3, 0.4) is 0 Å². The van der Waals surface area contributed by atoms with Crippen LogP contribution in [0.4, 0.5) is 8.78 Å². The highest BCUT2D eigenvalue weighted by atomic mass is 19.3. The third kappa shape index (κ3) is 4.36. The molecule has 2 aliphatic rings. The standard InChI is InChI=1S/C14H23F2N3O2/c1-17-12(20)10-18-6-2-3-11(9-18)13(21)19-7-4-14(15,16)5-8-19/h11H,2-10H2,1H3,(H,17,20). The summed E-state index contributed by atoms with van der Waals surface area (Å²) >= 11 is 0. The molecule has 0 spiro atoms. The summed E-state index contributed by atoms with van der Waals surface area (Å²) in [6.07, 6.45) is 1.15. The highest BCUT2D eigenvalue weighted by Gasteiger charge is 2.38. The van der Waals surface area contributed by atoms with Crippen LogP contribution in [-0.2, 0) is 9.59 Å². The minimum absolute atomic E-state index is 0.0351. The van der Waals surface area contributed by atoms with E-state index in [1.807, 2.05) is 4.90 Å². The summed E-state index contributed by atoms with van der Waals surface area (Å²) in [6, 6.07) is 0. The molecule has 0 aromatic carbocycles. The normalized spacial score (nSPS) is 26.4. The van der Waals surface area contributed by atoms with Gasteiger partial charge in [0.25, 0.3) is 5.92 Å². The number of carbonyl (C=O) groups excluding carboxylic acids is 2. The molecular formula is C14H23F2N3O2. The molecule has 1 N–H and O–H groups in total. The van der Waals surface area contributed by atoms with E-state index >= 15 is 0 Å². The van der Waals surface area contributed by atoms with Crippen molar-refractivity contribution in [2.24, 2.45) is 5.92 Å². The Morgan fingerprint density at radius 2 is 1.90 bits per heavy atom. The average Bonchev–Trinajstić information content (AvgIpc) is 2.46. The van der Waals surface area contributed by atoms with Gasteiger partial charge in [0, 0.05) is 39.5 Å². The van der Waals surface area contributed by atoms with Crippen molar-refractivity contribution in [1.82, 2.24) is 15.1 Å². The Morgan fingerprint density at radius 3 is 2.52 bits per heavy atom. The smallest absolute Gasteiger partial charge is 0.251 e. The molecule has 0 bridgehead atoms. The summed E-state index contributed by atoms with van der Waals surface area (Å²) in [4.78, 5) is 27.3. The number of carbonyl (C=O) groups is 2. The molecule has 2 rings (SSSR count). The number of hydrogen-bond donors (Lipinski definition) is 1. The molecule has 2 saturated heterocycles. The zero-order valence-electron chi connectivity index (χ0n) is 12.4. The van der Waals surface area contributed by atoms with Gasteiger partial charge in [-0.15, -0.1) is 0 Å². The molecule has 2 aliphatic heterocycles. The van der Waals surface area contributed by atoms with Gasteiger partial charge in [-0.25, -0.2) is 8.78 Å². The predicted octanol–water partition coefficient (Wildman–Crippen LogP) is 0.702. The Bertz CT molecular complexity index is 394. The second kappa shape index (κ2) is 6.68. The number of rotatable bonds is 3. The van der Waals surface area contributed by atoms with Crippen LogP contribution in [0, 0.1) is 5.92 Å². The van der Waals surface area contributed by atoms with E-state index in [0.717, 1.165) is 19.4 Å². The van der Waals surface area contributed by atoms with Crippen LogP contribution in [0.5, 0.6) is 0 Å². The van der Waals surface area contributed by atoms with E-state index < -0.39 is 5.92 Å². The fourth-order valence-electron chi connectivity index (χ4n) is 3.00. The van der Waals surface area contributed by atoms with E-state index in [4.69, 9.17) is 0 Å². The molecule has 7 heteroatoms. The quantitative estimate of drug-likeness (QED) is 0.835. The lowest BCUT2D eigenvalue weighted by Gasteiger charge is -2.37. The van der Waals surface area contributed by atoms with Gasteiger partial charge in [0.05, 0.1) is 12.5 Å². The van der Waals surface area contributed by atoms with E-state index in [0.29, 0.717) is 13.1 Å². The molecule has 2 amide bonds. The fourth-order valence-corrected chi connectivity index (χ4v) is 3.00. The van der Waals surface area contributed by atoms with Crippen LogP contribution in [0.25, 0.3) is 0 Å². The number of likely N-dealkylation sites (tertiary alicyclic amines) is 2. The lowest BCUT2D eigenvalue weighted by molar-refractivity contribution is -0.143. The van der Waals surface area contributed by atoms with Crippen LogP contribution in [0.15, 0.2) is 0 Å². The maximum Gasteiger partial charge on any atom is 0.251 e. The van der Waals surface area contributed by atoms with E-state index in [1.54, 1.807) is 11.9 Å². The van der Waals surface area contributed by atoms with Crippen molar-refractivity contribution in [2.45, 2.75) is 31.6 Å². The van der Waals surface area contributed by atoms with Crippen LogP contribution in [-0.4, -0.2) is 67.3 Å². The third-order valence-electron chi connectivity index (χ3n) is 4.31. The van der Waals surface area contributed by atoms with Gasteiger partial charge in [0.15, 0.2) is 0 Å². The lowest BCUT2D eigenvalue weighted by atomic mass is 9.95. The van der Waals surface area contributed by atoms with Gasteiger partial charge < -0.3 is 10.2 Å². The van der Waals surface area contributed by atoms with Crippen LogP contribution >= 0.6 is 0 Å². The first kappa shape index (κ1) is 16.1. The van der Waals surface area contributed by atoms with E-state index in [-0.39, 0.29) is 43.7 Å². The minimum Gasteiger partial charge on any atom is -0.358 e. The topological polar surface area (TPSA) is 52.7 Å². The molecule has 1 atom stereocenters. The maximum atomic E-state index is 13.1. The van der Waals surface area contributed by atoms with Gasteiger partial charge >= 0.3 is 0 Å². The number of halogens is 2. The zero-order chi connectivity index (χ0) is 15.5. The third-order valence-corrected chi connectivity index (χ3v) is 4.31. The molecule has 0 saturated carbocycles. The number of nitrogens with zero attached hydrogens (tertiary/aromatic N) is 2. The summed E-state index contributed by atoms with van der Waals surface area (Å²) in [6.45, 7) is 1.91. The number of amides is 2. The van der Waals surface area contributed by atoms with E-state index in [9.17, 15) is 18.4 Å². The zero-order valence-corrected chi connectivity index (χ0v) is 12.4. The van der Waals surface area contributed by atoms with Crippen molar-refractivity contribution < 1.29 is 18.4 Å². The number of piperidine rings is 2. The Morgan fingerprint density at radius 1 is 1.24 bits per heavy atom. The van der Waals surface area contributed by atoms with Gasteiger partial charge in [-0.1, -0.05) is 0 Å². The van der Waals surface area contributed by atoms with Crippen molar-refractivity contribution in [3.63, 3.8) is 0 Å². The Balaban J connectivity index is 1.86. The SMILES string of the molecule is CNC(=O)CN1CCCC(C(=O)N2CCC(F)(F)CC2)C1. The molecular weight excluding hydrogens is 280 g/mol. The molecule has 1 unspecified atom stereocenters. The second-order valence-electron chi connectivity index (χ2n) is 5.93. The summed E-state index contributed by atoms with van der Waals surface area (Å²) in [5.74, 6) is -2.91. The second-order valence-corrected chi connectivity index (χ2v) is 5.93. The van der Waals surface area contributed by atoms with Crippen LogP contribution < -0.4 is 5.32 Å². The van der Waals surface area contributed by atoms with Crippen molar-refractivity contribution in [3.05, 3.63) is 0 Å². The molecule has 0 aromatic heterocycles. The largest absolute Gasteiger partial charge is 0.358 e. The van der Waals surface area contributed by atoms with Gasteiger partial charge in [0.1, 0.15) is 0 Å². The Hall–Kier alpha value is -1.24. The predicted molar refractivity (Wildman–Crippen MR) is 74.0 cm³/mol. The van der Waals surface area contributed by atoms with E-state index in [1.165, 1.54) is 0 Å². The fraction of sp³-hybridized carbons (Fsp3) is 0.857. The first-order valence-electron chi connectivity index (χ1n) is 7.51. The maximum absolute atomic E-state index is 13.1. The first-order valence-corrected chi connectivity index (χ1v) is 7.51. The molecule has 21 heavy (non-hydrogen) atoms. The van der Waals surface area contributed by atoms with Gasteiger partial charge in [0.2, 0.25) is 11.8 Å². The highest BCUT2D eigenvalue weighted by Crippen LogP contribution is 2.29. The van der Waals surface area contributed by atoms with Gasteiger partial charge in [-0.3, -0.25) is 14.5 Å². The summed E-state index contributed by atoms with van der Waals surface area (Å²) in [7, 11) is 1.59. The molecule has 5 nitrogen and oxygen atoms in total. The molecule has 0 aromatic rings. The number of likely N-dealkylation sites (N-methyl/N-ethyl adjacent to an activating group) is 1. The summed E-state index contributed by atoms with van der Waals surface area (Å²) in [5.41, 5.74) is 0. The molecule has 0 aliphatic carbocycles. The summed E-state index contributed by atoms with van der Waals surface area (Å²) < 4.78 is 26.3.